The second-order valence-electron chi connectivity index (χ2n) is 6.72. The molecule has 1 heterocycles. The van der Waals surface area contributed by atoms with Gasteiger partial charge in [-0.2, -0.15) is 0 Å². The highest BCUT2D eigenvalue weighted by Crippen LogP contribution is 2.33. The largest absolute Gasteiger partial charge is 0.508 e. The molecule has 0 aromatic heterocycles. The topological polar surface area (TPSA) is 42.0 Å². The van der Waals surface area contributed by atoms with Crippen LogP contribution in [0.5, 0.6) is 11.5 Å². The van der Waals surface area contributed by atoms with Gasteiger partial charge < -0.3 is 14.6 Å². The van der Waals surface area contributed by atoms with Crippen LogP contribution in [0.2, 0.25) is 0 Å². The van der Waals surface area contributed by atoms with E-state index < -0.39 is 0 Å². The zero-order valence-corrected chi connectivity index (χ0v) is 13.3. The number of hydrogen-bond donors (Lipinski definition) is 1. The van der Waals surface area contributed by atoms with Crippen molar-refractivity contribution in [3.8, 4) is 11.5 Å². The van der Waals surface area contributed by atoms with E-state index in [4.69, 9.17) is 9.47 Å². The van der Waals surface area contributed by atoms with Gasteiger partial charge in [-0.3, -0.25) is 0 Å². The normalized spacial score (nSPS) is 20.7. The van der Waals surface area contributed by atoms with E-state index in [0.29, 0.717) is 12.4 Å². The molecule has 0 bridgehead atoms. The molecule has 0 spiro atoms. The Morgan fingerprint density at radius 1 is 1.05 bits per heavy atom. The van der Waals surface area contributed by atoms with E-state index in [-0.39, 0.29) is 11.0 Å². The molecule has 2 aromatic carbocycles. The average Bonchev–Trinajstić information content (AvgIpc) is 3.24. The van der Waals surface area contributed by atoms with Gasteiger partial charge in [0.15, 0.2) is 0 Å². The maximum atomic E-state index is 9.43. The fourth-order valence-corrected chi connectivity index (χ4v) is 2.46. The fraction of sp³-hybridized carbons (Fsp3) is 0.368. The Labute approximate surface area is 131 Å². The van der Waals surface area contributed by atoms with E-state index in [9.17, 15) is 5.11 Å². The third-order valence-electron chi connectivity index (χ3n) is 4.35. The number of ether oxygens (including phenoxy) is 2. The molecule has 1 N–H and O–H groups in total. The van der Waals surface area contributed by atoms with Gasteiger partial charge in [0.1, 0.15) is 23.7 Å². The van der Waals surface area contributed by atoms with E-state index in [2.05, 4.69) is 32.9 Å². The van der Waals surface area contributed by atoms with Gasteiger partial charge in [0.05, 0.1) is 6.61 Å². The van der Waals surface area contributed by atoms with E-state index >= 15 is 0 Å². The van der Waals surface area contributed by atoms with Crippen LogP contribution in [0.1, 0.15) is 31.9 Å². The number of aromatic hydroxyl groups is 1. The third kappa shape index (κ3) is 3.09. The minimum absolute atomic E-state index is 0.0933. The molecule has 1 saturated heterocycles. The van der Waals surface area contributed by atoms with Crippen molar-refractivity contribution in [1.29, 1.82) is 0 Å². The summed E-state index contributed by atoms with van der Waals surface area (Å²) in [6.07, 6.45) is 0. The Bertz CT molecular complexity index is 637. The van der Waals surface area contributed by atoms with E-state index in [0.717, 1.165) is 17.9 Å². The maximum Gasteiger partial charge on any atom is 0.123 e. The first-order valence-corrected chi connectivity index (χ1v) is 7.56. The van der Waals surface area contributed by atoms with Crippen LogP contribution in [0.25, 0.3) is 0 Å². The van der Waals surface area contributed by atoms with Crippen molar-refractivity contribution in [2.24, 2.45) is 0 Å². The summed E-state index contributed by atoms with van der Waals surface area (Å²) in [7, 11) is 0. The zero-order chi connectivity index (χ0) is 15.8. The molecular weight excluding hydrogens is 276 g/mol. The summed E-state index contributed by atoms with van der Waals surface area (Å²) in [5.74, 6) is 1.15. The van der Waals surface area contributed by atoms with Gasteiger partial charge in [-0.15, -0.1) is 0 Å². The molecule has 116 valence electrons. The highest BCUT2D eigenvalue weighted by molar-refractivity contribution is 5.41. The van der Waals surface area contributed by atoms with Gasteiger partial charge in [0, 0.05) is 5.41 Å². The summed E-state index contributed by atoms with van der Waals surface area (Å²) in [4.78, 5) is 0. The highest BCUT2D eigenvalue weighted by atomic mass is 16.6. The van der Waals surface area contributed by atoms with Crippen molar-refractivity contribution < 1.29 is 14.6 Å². The van der Waals surface area contributed by atoms with E-state index in [1.54, 1.807) is 12.1 Å². The van der Waals surface area contributed by atoms with Crippen molar-refractivity contribution in [2.75, 3.05) is 13.2 Å². The summed E-state index contributed by atoms with van der Waals surface area (Å²) in [5.41, 5.74) is 2.15. The molecule has 2 aromatic rings. The second-order valence-corrected chi connectivity index (χ2v) is 6.72. The zero-order valence-electron chi connectivity index (χ0n) is 13.3. The lowest BCUT2D eigenvalue weighted by Crippen LogP contribution is -2.19. The lowest BCUT2D eigenvalue weighted by molar-refractivity contribution is 0.202. The number of rotatable bonds is 5. The lowest BCUT2D eigenvalue weighted by Gasteiger charge is -2.26. The average molecular weight is 298 g/mol. The molecule has 1 aliphatic rings. The summed E-state index contributed by atoms with van der Waals surface area (Å²) >= 11 is 0. The monoisotopic (exact) mass is 298 g/mol. The predicted molar refractivity (Wildman–Crippen MR) is 86.5 cm³/mol. The van der Waals surface area contributed by atoms with Crippen LogP contribution in [-0.2, 0) is 10.2 Å². The first-order valence-electron chi connectivity index (χ1n) is 7.56. The quantitative estimate of drug-likeness (QED) is 0.852. The highest BCUT2D eigenvalue weighted by Gasteiger charge is 2.40. The summed E-state index contributed by atoms with van der Waals surface area (Å²) in [5, 5.41) is 9.43. The van der Waals surface area contributed by atoms with Crippen molar-refractivity contribution in [3.05, 3.63) is 59.7 Å². The van der Waals surface area contributed by atoms with Gasteiger partial charge in [-0.25, -0.2) is 0 Å². The summed E-state index contributed by atoms with van der Waals surface area (Å²) in [6.45, 7) is 7.77. The molecule has 3 nitrogen and oxygen atoms in total. The molecule has 1 atom stereocenters. The Kier molecular flexibility index (Phi) is 3.61. The van der Waals surface area contributed by atoms with Crippen molar-refractivity contribution >= 4 is 0 Å². The molecule has 0 saturated carbocycles. The first-order chi connectivity index (χ1) is 10.4. The molecule has 1 aliphatic heterocycles. The molecule has 3 heteroatoms. The Hall–Kier alpha value is -2.00. The summed E-state index contributed by atoms with van der Waals surface area (Å²) in [6, 6.07) is 15.6. The Balaban J connectivity index is 1.74. The predicted octanol–water partition coefficient (Wildman–Crippen LogP) is 3.89. The molecule has 1 fully saturated rings. The molecule has 3 rings (SSSR count). The van der Waals surface area contributed by atoms with Crippen LogP contribution in [0.4, 0.5) is 0 Å². The fourth-order valence-electron chi connectivity index (χ4n) is 2.46. The van der Waals surface area contributed by atoms with Crippen LogP contribution in [0.15, 0.2) is 48.5 Å². The molecule has 1 unspecified atom stereocenters. The Morgan fingerprint density at radius 3 is 2.05 bits per heavy atom. The first kappa shape index (κ1) is 14.9. The van der Waals surface area contributed by atoms with Gasteiger partial charge in [0.2, 0.25) is 0 Å². The SMILES string of the molecule is CC1(COc2ccc(C(C)(C)c3ccc(O)cc3)cc2)CO1. The molecule has 0 amide bonds. The van der Waals surface area contributed by atoms with Gasteiger partial charge in [-0.1, -0.05) is 38.1 Å². The number of hydrogen-bond acceptors (Lipinski definition) is 3. The standard InChI is InChI=1S/C19H22O3/c1-18(2,14-4-8-16(20)9-5-14)15-6-10-17(11-7-15)21-12-19(3)13-22-19/h4-11,20H,12-13H2,1-3H3. The Morgan fingerprint density at radius 2 is 1.55 bits per heavy atom. The van der Waals surface area contributed by atoms with Crippen molar-refractivity contribution in [1.82, 2.24) is 0 Å². The van der Waals surface area contributed by atoms with Gasteiger partial charge in [0.25, 0.3) is 0 Å². The van der Waals surface area contributed by atoms with Crippen LogP contribution in [0.3, 0.4) is 0 Å². The minimum atomic E-state index is -0.127. The number of phenolic OH excluding ortho intramolecular Hbond substituents is 1. The van der Waals surface area contributed by atoms with Crippen LogP contribution < -0.4 is 4.74 Å². The third-order valence-corrected chi connectivity index (χ3v) is 4.35. The van der Waals surface area contributed by atoms with Crippen LogP contribution >= 0.6 is 0 Å². The van der Waals surface area contributed by atoms with E-state index in [1.165, 1.54) is 5.56 Å². The maximum absolute atomic E-state index is 9.43. The number of benzene rings is 2. The van der Waals surface area contributed by atoms with Gasteiger partial charge in [-0.05, 0) is 42.3 Å². The van der Waals surface area contributed by atoms with Crippen molar-refractivity contribution in [2.45, 2.75) is 31.8 Å². The molecular formula is C19H22O3. The van der Waals surface area contributed by atoms with Gasteiger partial charge >= 0.3 is 0 Å². The second kappa shape index (κ2) is 5.33. The molecule has 0 aliphatic carbocycles. The number of epoxide rings is 1. The van der Waals surface area contributed by atoms with E-state index in [1.807, 2.05) is 24.3 Å². The minimum Gasteiger partial charge on any atom is -0.508 e. The van der Waals surface area contributed by atoms with Crippen LogP contribution in [-0.4, -0.2) is 23.9 Å². The van der Waals surface area contributed by atoms with Crippen LogP contribution in [0, 0.1) is 0 Å². The lowest BCUT2D eigenvalue weighted by atomic mass is 9.78. The number of phenols is 1. The molecule has 0 radical (unpaired) electrons. The van der Waals surface area contributed by atoms with Crippen molar-refractivity contribution in [3.63, 3.8) is 0 Å². The smallest absolute Gasteiger partial charge is 0.123 e. The summed E-state index contributed by atoms with van der Waals surface area (Å²) < 4.78 is 11.1. The molecule has 22 heavy (non-hydrogen) atoms.